The predicted octanol–water partition coefficient (Wildman–Crippen LogP) is 4.11. The van der Waals surface area contributed by atoms with Crippen molar-refractivity contribution in [2.45, 2.75) is 0 Å². The molecule has 0 aliphatic rings. The molecule has 2 aromatic carbocycles. The Hall–Kier alpha value is -3.63. The number of carbonyl (C=O) groups excluding carboxylic acids is 2. The molecule has 0 saturated carbocycles. The Balaban J connectivity index is 1.48. The van der Waals surface area contributed by atoms with Gasteiger partial charge in [-0.2, -0.15) is 5.26 Å². The molecule has 0 atom stereocenters. The molecular weight excluding hydrogens is 376 g/mol. The van der Waals surface area contributed by atoms with Crippen LogP contribution in [0, 0.1) is 11.3 Å². The van der Waals surface area contributed by atoms with Crippen molar-refractivity contribution in [1.29, 1.82) is 5.26 Å². The van der Waals surface area contributed by atoms with Gasteiger partial charge in [0.1, 0.15) is 19.0 Å². The summed E-state index contributed by atoms with van der Waals surface area (Å²) in [4.78, 5) is 24.9. The monoisotopic (exact) mass is 392 g/mol. The third kappa shape index (κ3) is 5.19. The Kier molecular flexibility index (Phi) is 6.39. The number of nitriles is 1. The van der Waals surface area contributed by atoms with Crippen LogP contribution in [-0.2, 0) is 4.74 Å². The van der Waals surface area contributed by atoms with Crippen LogP contribution in [0.3, 0.4) is 0 Å². The molecule has 0 aliphatic heterocycles. The summed E-state index contributed by atoms with van der Waals surface area (Å²) in [5.74, 6) is -0.139. The van der Waals surface area contributed by atoms with E-state index in [2.05, 4.69) is 5.32 Å². The van der Waals surface area contributed by atoms with Crippen molar-refractivity contribution in [2.75, 3.05) is 18.5 Å². The normalized spacial score (nSPS) is 9.96. The lowest BCUT2D eigenvalue weighted by Crippen LogP contribution is -2.14. The molecule has 6 nitrogen and oxygen atoms in total. The van der Waals surface area contributed by atoms with Gasteiger partial charge in [0.05, 0.1) is 22.1 Å². The van der Waals surface area contributed by atoms with Crippen molar-refractivity contribution >= 4 is 28.9 Å². The van der Waals surface area contributed by atoms with Crippen molar-refractivity contribution < 1.29 is 19.1 Å². The van der Waals surface area contributed by atoms with Crippen LogP contribution in [0.1, 0.15) is 25.6 Å². The quantitative estimate of drug-likeness (QED) is 0.483. The standard InChI is InChI=1S/C21H16N2O4S/c22-14-15-6-8-18(9-7-15)26-10-11-27-21(25)16-3-1-4-17(13-16)23-20(24)19-5-2-12-28-19/h1-9,12-13H,10-11H2,(H,23,24). The van der Waals surface area contributed by atoms with Crippen LogP contribution in [-0.4, -0.2) is 25.1 Å². The van der Waals surface area contributed by atoms with E-state index in [0.717, 1.165) is 0 Å². The van der Waals surface area contributed by atoms with Gasteiger partial charge in [-0.05, 0) is 53.9 Å². The van der Waals surface area contributed by atoms with E-state index in [1.54, 1.807) is 60.7 Å². The van der Waals surface area contributed by atoms with Crippen molar-refractivity contribution in [2.24, 2.45) is 0 Å². The van der Waals surface area contributed by atoms with E-state index >= 15 is 0 Å². The summed E-state index contributed by atoms with van der Waals surface area (Å²) in [6.07, 6.45) is 0. The number of thiophene rings is 1. The number of ether oxygens (including phenoxy) is 2. The fourth-order valence-electron chi connectivity index (χ4n) is 2.33. The SMILES string of the molecule is N#Cc1ccc(OCCOC(=O)c2cccc(NC(=O)c3cccs3)c2)cc1. The third-order valence-corrected chi connectivity index (χ3v) is 4.54. The molecule has 3 rings (SSSR count). The van der Waals surface area contributed by atoms with Crippen LogP contribution in [0.4, 0.5) is 5.69 Å². The molecular formula is C21H16N2O4S. The van der Waals surface area contributed by atoms with Gasteiger partial charge in [0, 0.05) is 5.69 Å². The van der Waals surface area contributed by atoms with Gasteiger partial charge in [-0.25, -0.2) is 4.79 Å². The summed E-state index contributed by atoms with van der Waals surface area (Å²) in [6, 6.07) is 18.8. The first-order valence-corrected chi connectivity index (χ1v) is 9.29. The number of nitrogens with zero attached hydrogens (tertiary/aromatic N) is 1. The molecule has 0 bridgehead atoms. The van der Waals surface area contributed by atoms with Gasteiger partial charge in [0.25, 0.3) is 5.91 Å². The molecule has 0 fully saturated rings. The van der Waals surface area contributed by atoms with E-state index in [-0.39, 0.29) is 19.1 Å². The fraction of sp³-hybridized carbons (Fsp3) is 0.0952. The maximum absolute atomic E-state index is 12.2. The number of carbonyl (C=O) groups is 2. The Morgan fingerprint density at radius 3 is 2.57 bits per heavy atom. The van der Waals surface area contributed by atoms with E-state index in [1.807, 2.05) is 11.4 Å². The van der Waals surface area contributed by atoms with E-state index in [1.165, 1.54) is 11.3 Å². The summed E-state index contributed by atoms with van der Waals surface area (Å²) >= 11 is 1.34. The number of rotatable bonds is 7. The Morgan fingerprint density at radius 1 is 1.04 bits per heavy atom. The summed E-state index contributed by atoms with van der Waals surface area (Å²) in [6.45, 7) is 0.261. The highest BCUT2D eigenvalue weighted by molar-refractivity contribution is 7.12. The molecule has 1 aromatic heterocycles. The highest BCUT2D eigenvalue weighted by atomic mass is 32.1. The van der Waals surface area contributed by atoms with Crippen LogP contribution in [0.15, 0.2) is 66.0 Å². The smallest absolute Gasteiger partial charge is 0.338 e. The van der Waals surface area contributed by atoms with Gasteiger partial charge in [-0.3, -0.25) is 4.79 Å². The highest BCUT2D eigenvalue weighted by Gasteiger charge is 2.11. The number of nitrogens with one attached hydrogen (secondary N) is 1. The average Bonchev–Trinajstić information content (AvgIpc) is 3.27. The number of esters is 1. The zero-order valence-corrected chi connectivity index (χ0v) is 15.6. The zero-order valence-electron chi connectivity index (χ0n) is 14.8. The van der Waals surface area contributed by atoms with Crippen LogP contribution >= 0.6 is 11.3 Å². The average molecular weight is 392 g/mol. The van der Waals surface area contributed by atoms with Gasteiger partial charge in [-0.1, -0.05) is 12.1 Å². The highest BCUT2D eigenvalue weighted by Crippen LogP contribution is 2.16. The molecule has 0 radical (unpaired) electrons. The second-order valence-corrected chi connectivity index (χ2v) is 6.58. The molecule has 1 amide bonds. The van der Waals surface area contributed by atoms with Crippen molar-refractivity contribution in [3.8, 4) is 11.8 Å². The van der Waals surface area contributed by atoms with Crippen molar-refractivity contribution in [3.63, 3.8) is 0 Å². The Bertz CT molecular complexity index is 992. The third-order valence-electron chi connectivity index (χ3n) is 3.67. The van der Waals surface area contributed by atoms with E-state index < -0.39 is 5.97 Å². The van der Waals surface area contributed by atoms with Crippen LogP contribution < -0.4 is 10.1 Å². The minimum atomic E-state index is -0.504. The first kappa shape index (κ1) is 19.1. The number of hydrogen-bond acceptors (Lipinski definition) is 6. The molecule has 7 heteroatoms. The molecule has 0 spiro atoms. The Morgan fingerprint density at radius 2 is 1.86 bits per heavy atom. The largest absolute Gasteiger partial charge is 0.490 e. The number of anilines is 1. The van der Waals surface area contributed by atoms with E-state index in [0.29, 0.717) is 27.4 Å². The lowest BCUT2D eigenvalue weighted by molar-refractivity contribution is 0.0450. The first-order chi connectivity index (χ1) is 13.7. The van der Waals surface area contributed by atoms with Crippen LogP contribution in [0.2, 0.25) is 0 Å². The summed E-state index contributed by atoms with van der Waals surface area (Å²) in [5, 5.41) is 13.3. The molecule has 0 aliphatic carbocycles. The second kappa shape index (κ2) is 9.35. The van der Waals surface area contributed by atoms with E-state index in [4.69, 9.17) is 14.7 Å². The lowest BCUT2D eigenvalue weighted by Gasteiger charge is -2.09. The van der Waals surface area contributed by atoms with Gasteiger partial charge in [0.15, 0.2) is 0 Å². The van der Waals surface area contributed by atoms with Gasteiger partial charge in [0.2, 0.25) is 0 Å². The number of benzene rings is 2. The summed E-state index contributed by atoms with van der Waals surface area (Å²) < 4.78 is 10.7. The number of hydrogen-bond donors (Lipinski definition) is 1. The minimum absolute atomic E-state index is 0.0740. The molecule has 0 saturated heterocycles. The zero-order chi connectivity index (χ0) is 19.8. The molecule has 3 aromatic rings. The van der Waals surface area contributed by atoms with Crippen molar-refractivity contribution in [1.82, 2.24) is 0 Å². The number of amides is 1. The Labute approximate surface area is 166 Å². The molecule has 1 heterocycles. The van der Waals surface area contributed by atoms with Crippen LogP contribution in [0.5, 0.6) is 5.75 Å². The molecule has 28 heavy (non-hydrogen) atoms. The topological polar surface area (TPSA) is 88.4 Å². The van der Waals surface area contributed by atoms with Crippen LogP contribution in [0.25, 0.3) is 0 Å². The van der Waals surface area contributed by atoms with Gasteiger partial charge in [-0.15, -0.1) is 11.3 Å². The van der Waals surface area contributed by atoms with Gasteiger partial charge >= 0.3 is 5.97 Å². The van der Waals surface area contributed by atoms with Crippen molar-refractivity contribution in [3.05, 3.63) is 82.0 Å². The minimum Gasteiger partial charge on any atom is -0.490 e. The first-order valence-electron chi connectivity index (χ1n) is 8.41. The molecule has 1 N–H and O–H groups in total. The van der Waals surface area contributed by atoms with E-state index in [9.17, 15) is 9.59 Å². The molecule has 140 valence electrons. The maximum atomic E-state index is 12.2. The summed E-state index contributed by atoms with van der Waals surface area (Å²) in [7, 11) is 0. The molecule has 0 unspecified atom stereocenters. The predicted molar refractivity (Wildman–Crippen MR) is 106 cm³/mol. The maximum Gasteiger partial charge on any atom is 0.338 e. The van der Waals surface area contributed by atoms with Gasteiger partial charge < -0.3 is 14.8 Å². The fourth-order valence-corrected chi connectivity index (χ4v) is 2.95. The second-order valence-electron chi connectivity index (χ2n) is 5.63. The lowest BCUT2D eigenvalue weighted by atomic mass is 10.2. The summed E-state index contributed by atoms with van der Waals surface area (Å²) in [5.41, 5.74) is 1.40.